The molecule has 6 aromatic rings. The van der Waals surface area contributed by atoms with Gasteiger partial charge in [-0.25, -0.2) is 0 Å². The third-order valence-corrected chi connectivity index (χ3v) is 13.4. The van der Waals surface area contributed by atoms with Crippen molar-refractivity contribution in [2.24, 2.45) is 5.92 Å². The third kappa shape index (κ3) is 7.90. The van der Waals surface area contributed by atoms with Gasteiger partial charge in [0.15, 0.2) is 0 Å². The van der Waals surface area contributed by atoms with E-state index in [1.54, 1.807) is 4.40 Å². The van der Waals surface area contributed by atoms with Crippen molar-refractivity contribution in [1.82, 2.24) is 9.97 Å². The van der Waals surface area contributed by atoms with Crippen molar-refractivity contribution < 1.29 is 24.5 Å². The molecule has 0 aliphatic heterocycles. The quantitative estimate of drug-likeness (QED) is 0.113. The molecule has 3 aromatic carbocycles. The van der Waals surface area contributed by atoms with Gasteiger partial charge >= 0.3 is 126 Å². The molecule has 0 atom stereocenters. The van der Waals surface area contributed by atoms with Crippen molar-refractivity contribution in [3.8, 4) is 22.5 Å². The first-order valence-corrected chi connectivity index (χ1v) is 23.6. The molecule has 0 aliphatic carbocycles. The van der Waals surface area contributed by atoms with Gasteiger partial charge in [0.05, 0.1) is 5.58 Å². The van der Waals surface area contributed by atoms with Crippen LogP contribution < -0.4 is 4.40 Å². The fourth-order valence-electron chi connectivity index (χ4n) is 5.96. The topological polar surface area (TPSA) is 38.9 Å². The van der Waals surface area contributed by atoms with E-state index in [1.807, 2.05) is 48.7 Å². The number of pyridine rings is 2. The number of rotatable bonds is 8. The fraction of sp³-hybridized carbons (Fsp3) is 0.317. The number of hydrogen-bond donors (Lipinski definition) is 0. The number of aromatic nitrogens is 2. The smallest absolute Gasteiger partial charge is 0.120 e. The molecule has 5 heteroatoms. The van der Waals surface area contributed by atoms with E-state index in [0.29, 0.717) is 5.92 Å². The fourth-order valence-corrected chi connectivity index (χ4v) is 9.30. The van der Waals surface area contributed by atoms with Gasteiger partial charge < -0.3 is 9.40 Å². The van der Waals surface area contributed by atoms with E-state index in [1.165, 1.54) is 11.1 Å². The molecule has 46 heavy (non-hydrogen) atoms. The molecule has 0 aliphatic rings. The molecule has 1 radical (unpaired) electrons. The van der Waals surface area contributed by atoms with Gasteiger partial charge in [0.1, 0.15) is 5.58 Å². The molecule has 0 spiro atoms. The van der Waals surface area contributed by atoms with Crippen LogP contribution in [0, 0.1) is 18.1 Å². The Bertz CT molecular complexity index is 1880. The van der Waals surface area contributed by atoms with E-state index >= 15 is 0 Å². The Morgan fingerprint density at radius 1 is 0.826 bits per heavy atom. The molecule has 6 rings (SSSR count). The van der Waals surface area contributed by atoms with Crippen LogP contribution in [0.1, 0.15) is 58.6 Å². The van der Waals surface area contributed by atoms with Crippen molar-refractivity contribution in [3.05, 3.63) is 115 Å². The van der Waals surface area contributed by atoms with Crippen molar-refractivity contribution in [2.75, 3.05) is 0 Å². The molecule has 0 bridgehead atoms. The summed E-state index contributed by atoms with van der Waals surface area (Å²) in [5.74, 6) is 7.99. The zero-order chi connectivity index (χ0) is 32.2. The zero-order valence-electron chi connectivity index (χ0n) is 28.5. The van der Waals surface area contributed by atoms with Crippen LogP contribution in [0.25, 0.3) is 44.5 Å². The molecule has 0 saturated carbocycles. The number of hydrogen-bond acceptors (Lipinski definition) is 3. The molecule has 241 valence electrons. The Hall–Kier alpha value is -3.05. The summed E-state index contributed by atoms with van der Waals surface area (Å²) in [6.07, 6.45) is 7.38. The van der Waals surface area contributed by atoms with E-state index in [2.05, 4.69) is 112 Å². The minimum atomic E-state index is -1.86. The van der Waals surface area contributed by atoms with E-state index in [9.17, 15) is 0 Å². The van der Waals surface area contributed by atoms with Crippen molar-refractivity contribution >= 4 is 39.6 Å². The largest absolute Gasteiger partial charge is 0.501 e. The van der Waals surface area contributed by atoms with E-state index < -0.39 is 13.3 Å². The Morgan fingerprint density at radius 3 is 2.24 bits per heavy atom. The van der Waals surface area contributed by atoms with E-state index in [4.69, 9.17) is 9.40 Å². The summed E-state index contributed by atoms with van der Waals surface area (Å²) in [6, 6.07) is 33.5. The summed E-state index contributed by atoms with van der Waals surface area (Å²) in [5, 5.41) is 2.25. The van der Waals surface area contributed by atoms with Crippen LogP contribution in [0.4, 0.5) is 0 Å². The van der Waals surface area contributed by atoms with Gasteiger partial charge in [0.2, 0.25) is 0 Å². The van der Waals surface area contributed by atoms with Crippen molar-refractivity contribution in [2.45, 2.75) is 76.6 Å². The number of fused-ring (bicyclic) bond motifs is 3. The second kappa shape index (κ2) is 15.2. The van der Waals surface area contributed by atoms with Gasteiger partial charge in [-0.15, -0.1) is 18.2 Å². The van der Waals surface area contributed by atoms with Crippen molar-refractivity contribution in [1.29, 1.82) is 0 Å². The summed E-state index contributed by atoms with van der Waals surface area (Å²) in [6.45, 7) is 11.4. The van der Waals surface area contributed by atoms with Crippen LogP contribution in [-0.4, -0.2) is 23.2 Å². The molecule has 0 saturated heterocycles. The molecule has 3 aromatic heterocycles. The number of furan rings is 1. The number of nitrogens with zero attached hydrogens (tertiary/aromatic N) is 2. The van der Waals surface area contributed by atoms with Crippen molar-refractivity contribution in [3.63, 3.8) is 0 Å². The molecule has 3 nitrogen and oxygen atoms in total. The molecule has 0 N–H and O–H groups in total. The second-order valence-electron chi connectivity index (χ2n) is 13.7. The minimum Gasteiger partial charge on any atom is -0.501 e. The van der Waals surface area contributed by atoms with Gasteiger partial charge in [-0.05, 0) is 41.6 Å². The predicted octanol–water partition coefficient (Wildman–Crippen LogP) is 10.8. The first-order chi connectivity index (χ1) is 21.5. The van der Waals surface area contributed by atoms with Crippen LogP contribution in [0.3, 0.4) is 0 Å². The molecule has 3 heterocycles. The zero-order valence-corrected chi connectivity index (χ0v) is 33.0. The average Bonchev–Trinajstić information content (AvgIpc) is 3.43. The number of benzene rings is 3. The van der Waals surface area contributed by atoms with E-state index in [0.717, 1.165) is 63.7 Å². The molecular weight excluding hydrogens is 801 g/mol. The third-order valence-electron chi connectivity index (χ3n) is 9.02. The summed E-state index contributed by atoms with van der Waals surface area (Å²) in [4.78, 5) is 9.32. The van der Waals surface area contributed by atoms with Gasteiger partial charge in [-0.3, -0.25) is 0 Å². The maximum absolute atomic E-state index is 6.14. The Balaban J connectivity index is 0.000000210. The molecule has 0 unspecified atom stereocenters. The summed E-state index contributed by atoms with van der Waals surface area (Å²) < 4.78 is 7.69. The normalized spacial score (nSPS) is 11.8. The van der Waals surface area contributed by atoms with Gasteiger partial charge in [-0.2, -0.15) is 0 Å². The molecule has 0 amide bonds. The van der Waals surface area contributed by atoms with Gasteiger partial charge in [0, 0.05) is 31.7 Å². The van der Waals surface area contributed by atoms with Gasteiger partial charge in [-0.1, -0.05) is 56.0 Å². The Morgan fingerprint density at radius 2 is 1.57 bits per heavy atom. The summed E-state index contributed by atoms with van der Waals surface area (Å²) in [5.41, 5.74) is 8.75. The van der Waals surface area contributed by atoms with Crippen LogP contribution >= 0.6 is 0 Å². The van der Waals surface area contributed by atoms with Crippen LogP contribution in [0.15, 0.2) is 95.7 Å². The first-order valence-electron chi connectivity index (χ1n) is 16.3. The van der Waals surface area contributed by atoms with E-state index in [-0.39, 0.29) is 25.5 Å². The monoisotopic (exact) mass is 849 g/mol. The standard InChI is InChI=1S/C23H22NO.C18H24GeN.Ir/c1-4-23(3,5-2)16-13-14-24-20(15-16)19-11-8-10-18-17-9-6-7-12-21(17)25-22(18)19;1-14(2)11-16-12-18(15-9-7-6-8-10-15)20-13-17(16)19(3,4)5;/h6-10,12-15H,4-5H2,1-3H3;6-9,12-14H,11H2,1-5H3;/q2*-1;. The first kappa shape index (κ1) is 35.8. The van der Waals surface area contributed by atoms with Gasteiger partial charge in [0.25, 0.3) is 0 Å². The summed E-state index contributed by atoms with van der Waals surface area (Å²) >= 11 is -1.86. The minimum absolute atomic E-state index is 0. The number of para-hydroxylation sites is 1. The average molecular weight is 848 g/mol. The Kier molecular flexibility index (Phi) is 11.9. The SMILES string of the molecule is CC(C)Cc1cc(-c2[c-]cccc2)nc[c]1[Ge]([CH3])([CH3])[CH3].CCC(C)(CC)c1ccnc(-c2[c-]ccc3c2oc2ccccc23)c1.[Ir]. The van der Waals surface area contributed by atoms with Crippen LogP contribution in [0.2, 0.25) is 17.3 Å². The predicted molar refractivity (Wildman–Crippen MR) is 194 cm³/mol. The summed E-state index contributed by atoms with van der Waals surface area (Å²) in [7, 11) is 0. The maximum Gasteiger partial charge on any atom is 0.120 e. The van der Waals surface area contributed by atoms with Crippen LogP contribution in [0.5, 0.6) is 0 Å². The Labute approximate surface area is 292 Å². The maximum atomic E-state index is 6.14. The second-order valence-corrected chi connectivity index (χ2v) is 24.3. The molecule has 0 fully saturated rings. The molecular formula is C41H46GeIrN2O-2. The van der Waals surface area contributed by atoms with Crippen LogP contribution in [-0.2, 0) is 31.9 Å².